The zero-order valence-electron chi connectivity index (χ0n) is 9.39. The number of hydrogen-bond acceptors (Lipinski definition) is 3. The van der Waals surface area contributed by atoms with Crippen molar-refractivity contribution in [2.45, 2.75) is 38.1 Å². The molecule has 96 valence electrons. The van der Waals surface area contributed by atoms with Gasteiger partial charge in [-0.3, -0.25) is 0 Å². The largest absolute Gasteiger partial charge is 0.326 e. The number of nitrogens with one attached hydrogen (secondary N) is 1. The van der Waals surface area contributed by atoms with Crippen LogP contribution in [0.4, 0.5) is 0 Å². The molecule has 4 nitrogen and oxygen atoms in total. The zero-order chi connectivity index (χ0) is 10.9. The van der Waals surface area contributed by atoms with Crippen molar-refractivity contribution in [3.8, 4) is 0 Å². The third-order valence-electron chi connectivity index (χ3n) is 3.26. The molecule has 0 spiro atoms. The Labute approximate surface area is 104 Å². The minimum atomic E-state index is -3.07. The molecule has 2 aliphatic rings. The van der Waals surface area contributed by atoms with Gasteiger partial charge in [0.25, 0.3) is 0 Å². The van der Waals surface area contributed by atoms with Crippen molar-refractivity contribution in [1.29, 1.82) is 0 Å². The molecule has 3 N–H and O–H groups in total. The average molecular weight is 269 g/mol. The Balaban J connectivity index is 0.00000128. The van der Waals surface area contributed by atoms with Gasteiger partial charge < -0.3 is 5.73 Å². The van der Waals surface area contributed by atoms with Gasteiger partial charge in [-0.1, -0.05) is 12.8 Å². The summed E-state index contributed by atoms with van der Waals surface area (Å²) < 4.78 is 25.7. The van der Waals surface area contributed by atoms with E-state index in [2.05, 4.69) is 4.72 Å². The molecule has 6 heteroatoms. The van der Waals surface area contributed by atoms with Crippen molar-refractivity contribution in [2.24, 2.45) is 17.6 Å². The minimum Gasteiger partial charge on any atom is -0.326 e. The van der Waals surface area contributed by atoms with Gasteiger partial charge in [0.05, 0.1) is 5.75 Å². The number of sulfonamides is 1. The Kier molecular flexibility index (Phi) is 5.04. The molecule has 0 aliphatic heterocycles. The van der Waals surface area contributed by atoms with Crippen LogP contribution in [0.25, 0.3) is 0 Å². The van der Waals surface area contributed by atoms with Gasteiger partial charge in [0.15, 0.2) is 0 Å². The van der Waals surface area contributed by atoms with E-state index in [-0.39, 0.29) is 24.2 Å². The topological polar surface area (TPSA) is 72.2 Å². The van der Waals surface area contributed by atoms with Crippen LogP contribution < -0.4 is 10.5 Å². The van der Waals surface area contributed by atoms with Crippen molar-refractivity contribution < 1.29 is 8.42 Å². The summed E-state index contributed by atoms with van der Waals surface area (Å²) in [6.45, 7) is 0.414. The smallest absolute Gasteiger partial charge is 0.211 e. The maximum atomic E-state index is 11.5. The van der Waals surface area contributed by atoms with Crippen LogP contribution in [0.2, 0.25) is 0 Å². The van der Waals surface area contributed by atoms with E-state index < -0.39 is 10.0 Å². The lowest BCUT2D eigenvalue weighted by Gasteiger charge is -2.11. The Morgan fingerprint density at radius 1 is 1.25 bits per heavy atom. The van der Waals surface area contributed by atoms with Crippen LogP contribution in [0.3, 0.4) is 0 Å². The van der Waals surface area contributed by atoms with E-state index in [1.54, 1.807) is 0 Å². The Hall–Kier alpha value is 0.160. The van der Waals surface area contributed by atoms with E-state index in [0.717, 1.165) is 19.3 Å². The maximum Gasteiger partial charge on any atom is 0.211 e. The van der Waals surface area contributed by atoms with E-state index in [0.29, 0.717) is 18.4 Å². The number of halogens is 1. The summed E-state index contributed by atoms with van der Waals surface area (Å²) in [7, 11) is -3.07. The fourth-order valence-corrected chi connectivity index (χ4v) is 2.95. The van der Waals surface area contributed by atoms with Gasteiger partial charge in [0.2, 0.25) is 10.0 Å². The second-order valence-corrected chi connectivity index (χ2v) is 6.83. The summed E-state index contributed by atoms with van der Waals surface area (Å²) in [4.78, 5) is 0. The number of rotatable bonds is 7. The van der Waals surface area contributed by atoms with Gasteiger partial charge in [0.1, 0.15) is 0 Å². The average Bonchev–Trinajstić information content (AvgIpc) is 3.04. The fraction of sp³-hybridized carbons (Fsp3) is 1.00. The molecule has 2 fully saturated rings. The van der Waals surface area contributed by atoms with E-state index in [9.17, 15) is 8.42 Å². The van der Waals surface area contributed by atoms with Crippen LogP contribution in [-0.4, -0.2) is 26.8 Å². The predicted molar refractivity (Wildman–Crippen MR) is 67.1 cm³/mol. The summed E-state index contributed by atoms with van der Waals surface area (Å²) in [6, 6.07) is 0.0145. The lowest BCUT2D eigenvalue weighted by atomic mass is 10.2. The first-order valence-electron chi connectivity index (χ1n) is 5.80. The standard InChI is InChI=1S/C10H20N2O2S.ClH/c11-10(9-3-4-9)7-12-15(13,14)6-5-8-1-2-8;/h8-10,12H,1-7,11H2;1H. The van der Waals surface area contributed by atoms with Crippen LogP contribution in [0.1, 0.15) is 32.1 Å². The normalized spacial score (nSPS) is 22.6. The summed E-state index contributed by atoms with van der Waals surface area (Å²) in [6.07, 6.45) is 5.54. The highest BCUT2D eigenvalue weighted by molar-refractivity contribution is 7.89. The molecule has 0 amide bonds. The summed E-state index contributed by atoms with van der Waals surface area (Å²) in [5.41, 5.74) is 5.83. The molecule has 0 aromatic heterocycles. The van der Waals surface area contributed by atoms with Crippen LogP contribution in [0.5, 0.6) is 0 Å². The molecule has 16 heavy (non-hydrogen) atoms. The molecular weight excluding hydrogens is 248 g/mol. The van der Waals surface area contributed by atoms with E-state index in [1.807, 2.05) is 0 Å². The summed E-state index contributed by atoms with van der Waals surface area (Å²) >= 11 is 0. The van der Waals surface area contributed by atoms with E-state index >= 15 is 0 Å². The van der Waals surface area contributed by atoms with Crippen molar-refractivity contribution in [3.63, 3.8) is 0 Å². The molecule has 0 aromatic rings. The van der Waals surface area contributed by atoms with Crippen LogP contribution in [-0.2, 0) is 10.0 Å². The van der Waals surface area contributed by atoms with Gasteiger partial charge in [-0.25, -0.2) is 13.1 Å². The molecule has 1 unspecified atom stereocenters. The minimum absolute atomic E-state index is 0. The van der Waals surface area contributed by atoms with Crippen LogP contribution in [0, 0.1) is 11.8 Å². The summed E-state index contributed by atoms with van der Waals surface area (Å²) in [5.74, 6) is 1.49. The van der Waals surface area contributed by atoms with Crippen LogP contribution in [0.15, 0.2) is 0 Å². The highest BCUT2D eigenvalue weighted by Gasteiger charge is 2.29. The number of hydrogen-bond donors (Lipinski definition) is 2. The second-order valence-electron chi connectivity index (χ2n) is 4.90. The highest BCUT2D eigenvalue weighted by Crippen LogP contribution is 2.33. The van der Waals surface area contributed by atoms with Crippen molar-refractivity contribution in [2.75, 3.05) is 12.3 Å². The first-order chi connectivity index (χ1) is 7.07. The van der Waals surface area contributed by atoms with Crippen molar-refractivity contribution >= 4 is 22.4 Å². The van der Waals surface area contributed by atoms with Gasteiger partial charge in [-0.05, 0) is 31.1 Å². The Morgan fingerprint density at radius 3 is 2.38 bits per heavy atom. The first kappa shape index (κ1) is 14.2. The van der Waals surface area contributed by atoms with Gasteiger partial charge >= 0.3 is 0 Å². The fourth-order valence-electron chi connectivity index (χ4n) is 1.71. The van der Waals surface area contributed by atoms with Gasteiger partial charge in [-0.15, -0.1) is 12.4 Å². The molecule has 2 saturated carbocycles. The highest BCUT2D eigenvalue weighted by atomic mass is 35.5. The second kappa shape index (κ2) is 5.67. The molecule has 0 aromatic carbocycles. The van der Waals surface area contributed by atoms with Gasteiger partial charge in [-0.2, -0.15) is 0 Å². The molecule has 1 atom stereocenters. The summed E-state index contributed by atoms with van der Waals surface area (Å²) in [5, 5.41) is 0. The molecular formula is C10H21ClN2O2S. The van der Waals surface area contributed by atoms with Crippen molar-refractivity contribution in [1.82, 2.24) is 4.72 Å². The molecule has 0 bridgehead atoms. The molecule has 0 saturated heterocycles. The van der Waals surface area contributed by atoms with Gasteiger partial charge in [0, 0.05) is 12.6 Å². The third-order valence-corrected chi connectivity index (χ3v) is 4.64. The first-order valence-corrected chi connectivity index (χ1v) is 7.45. The third kappa shape index (κ3) is 4.99. The van der Waals surface area contributed by atoms with Crippen molar-refractivity contribution in [3.05, 3.63) is 0 Å². The Morgan fingerprint density at radius 2 is 1.88 bits per heavy atom. The lowest BCUT2D eigenvalue weighted by molar-refractivity contribution is 0.544. The molecule has 0 radical (unpaired) electrons. The SMILES string of the molecule is Cl.NC(CNS(=O)(=O)CCC1CC1)C1CC1. The molecule has 2 aliphatic carbocycles. The maximum absolute atomic E-state index is 11.5. The lowest BCUT2D eigenvalue weighted by Crippen LogP contribution is -2.39. The Bertz CT molecular complexity index is 313. The number of nitrogens with two attached hydrogens (primary N) is 1. The zero-order valence-corrected chi connectivity index (χ0v) is 11.0. The molecule has 0 heterocycles. The quantitative estimate of drug-likeness (QED) is 0.720. The molecule has 2 rings (SSSR count). The van der Waals surface area contributed by atoms with Crippen LogP contribution >= 0.6 is 12.4 Å². The van der Waals surface area contributed by atoms with E-state index in [1.165, 1.54) is 12.8 Å². The predicted octanol–water partition coefficient (Wildman–Crippen LogP) is 0.865. The monoisotopic (exact) mass is 268 g/mol. The van der Waals surface area contributed by atoms with E-state index in [4.69, 9.17) is 5.73 Å².